The zero-order chi connectivity index (χ0) is 12.0. The highest BCUT2D eigenvalue weighted by molar-refractivity contribution is 6.30. The number of aromatic carboxylic acids is 1. The third-order valence-electron chi connectivity index (χ3n) is 1.98. The Morgan fingerprint density at radius 1 is 1.56 bits per heavy atom. The molecule has 0 heterocycles. The van der Waals surface area contributed by atoms with Gasteiger partial charge in [-0.2, -0.15) is 0 Å². The maximum absolute atomic E-state index is 10.9. The number of hydrogen-bond acceptors (Lipinski definition) is 2. The van der Waals surface area contributed by atoms with Crippen molar-refractivity contribution in [2.45, 2.75) is 12.8 Å². The zero-order valence-corrected chi connectivity index (χ0v) is 9.54. The minimum Gasteiger partial charge on any atom is -0.493 e. The summed E-state index contributed by atoms with van der Waals surface area (Å²) in [5, 5.41) is 9.38. The fourth-order valence-electron chi connectivity index (χ4n) is 1.20. The van der Waals surface area contributed by atoms with E-state index in [1.54, 1.807) is 6.08 Å². The molecule has 0 spiro atoms. The number of carbonyl (C=O) groups is 1. The molecule has 0 unspecified atom stereocenters. The molecule has 0 saturated carbocycles. The molecule has 0 saturated heterocycles. The van der Waals surface area contributed by atoms with E-state index in [-0.39, 0.29) is 5.56 Å². The van der Waals surface area contributed by atoms with Gasteiger partial charge in [0.2, 0.25) is 0 Å². The van der Waals surface area contributed by atoms with Gasteiger partial charge in [-0.05, 0) is 31.0 Å². The third kappa shape index (κ3) is 3.59. The highest BCUT2D eigenvalue weighted by Gasteiger charge is 2.11. The molecule has 0 radical (unpaired) electrons. The number of ether oxygens (including phenoxy) is 1. The Balaban J connectivity index is 2.72. The Morgan fingerprint density at radius 2 is 2.31 bits per heavy atom. The Kier molecular flexibility index (Phi) is 4.86. The highest BCUT2D eigenvalue weighted by Crippen LogP contribution is 2.23. The fraction of sp³-hybridized carbons (Fsp3) is 0.250. The average Bonchev–Trinajstić information content (AvgIpc) is 2.24. The number of unbranched alkanes of at least 4 members (excludes halogenated alkanes) is 1. The van der Waals surface area contributed by atoms with Gasteiger partial charge in [0, 0.05) is 5.02 Å². The Hall–Kier alpha value is -1.48. The van der Waals surface area contributed by atoms with Gasteiger partial charge >= 0.3 is 5.97 Å². The second-order valence-corrected chi connectivity index (χ2v) is 3.66. The summed E-state index contributed by atoms with van der Waals surface area (Å²) in [4.78, 5) is 10.9. The van der Waals surface area contributed by atoms with E-state index in [4.69, 9.17) is 21.4 Å². The molecule has 0 aliphatic heterocycles. The van der Waals surface area contributed by atoms with E-state index >= 15 is 0 Å². The molecule has 86 valence electrons. The largest absolute Gasteiger partial charge is 0.493 e. The van der Waals surface area contributed by atoms with Crippen LogP contribution in [0.4, 0.5) is 0 Å². The number of carboxylic acids is 1. The number of benzene rings is 1. The number of rotatable bonds is 6. The van der Waals surface area contributed by atoms with Crippen LogP contribution in [0.5, 0.6) is 5.75 Å². The molecule has 16 heavy (non-hydrogen) atoms. The minimum atomic E-state index is -1.02. The molecule has 0 aliphatic carbocycles. The summed E-state index contributed by atoms with van der Waals surface area (Å²) < 4.78 is 5.37. The summed E-state index contributed by atoms with van der Waals surface area (Å²) in [5.41, 5.74) is 0.128. The van der Waals surface area contributed by atoms with Crippen LogP contribution in [0.1, 0.15) is 23.2 Å². The summed E-state index contributed by atoms with van der Waals surface area (Å²) in [6, 6.07) is 4.48. The van der Waals surface area contributed by atoms with E-state index in [1.807, 2.05) is 0 Å². The molecule has 1 rings (SSSR count). The maximum Gasteiger partial charge on any atom is 0.339 e. The molecule has 1 aromatic carbocycles. The fourth-order valence-corrected chi connectivity index (χ4v) is 1.36. The van der Waals surface area contributed by atoms with Gasteiger partial charge in [-0.15, -0.1) is 6.58 Å². The number of allylic oxidation sites excluding steroid dienone is 1. The van der Waals surface area contributed by atoms with Gasteiger partial charge in [0.25, 0.3) is 0 Å². The second kappa shape index (κ2) is 6.18. The first-order valence-corrected chi connectivity index (χ1v) is 5.29. The topological polar surface area (TPSA) is 46.5 Å². The molecule has 0 aliphatic rings. The van der Waals surface area contributed by atoms with E-state index in [1.165, 1.54) is 18.2 Å². The zero-order valence-electron chi connectivity index (χ0n) is 8.78. The lowest BCUT2D eigenvalue weighted by Crippen LogP contribution is -2.04. The molecule has 0 bridgehead atoms. The first-order chi connectivity index (χ1) is 7.65. The molecule has 1 aromatic rings. The van der Waals surface area contributed by atoms with Crippen molar-refractivity contribution >= 4 is 17.6 Å². The van der Waals surface area contributed by atoms with Crippen LogP contribution < -0.4 is 4.74 Å². The molecular formula is C12H13ClO3. The van der Waals surface area contributed by atoms with Gasteiger partial charge < -0.3 is 9.84 Å². The van der Waals surface area contributed by atoms with E-state index in [0.717, 1.165) is 12.8 Å². The van der Waals surface area contributed by atoms with Crippen molar-refractivity contribution in [1.29, 1.82) is 0 Å². The van der Waals surface area contributed by atoms with Crippen molar-refractivity contribution in [3.8, 4) is 5.75 Å². The number of hydrogen-bond donors (Lipinski definition) is 1. The summed E-state index contributed by atoms with van der Waals surface area (Å²) in [7, 11) is 0. The summed E-state index contributed by atoms with van der Waals surface area (Å²) >= 11 is 5.77. The van der Waals surface area contributed by atoms with Crippen molar-refractivity contribution in [1.82, 2.24) is 0 Å². The molecule has 0 atom stereocenters. The monoisotopic (exact) mass is 240 g/mol. The lowest BCUT2D eigenvalue weighted by molar-refractivity contribution is 0.0692. The van der Waals surface area contributed by atoms with Crippen LogP contribution in [0, 0.1) is 0 Å². The molecule has 0 fully saturated rings. The lowest BCUT2D eigenvalue weighted by Gasteiger charge is -2.08. The SMILES string of the molecule is C=CCCCOc1cc(Cl)ccc1C(=O)O. The highest BCUT2D eigenvalue weighted by atomic mass is 35.5. The third-order valence-corrected chi connectivity index (χ3v) is 2.22. The van der Waals surface area contributed by atoms with Crippen molar-refractivity contribution in [3.63, 3.8) is 0 Å². The van der Waals surface area contributed by atoms with Crippen molar-refractivity contribution < 1.29 is 14.6 Å². The number of carboxylic acid groups (broad SMARTS) is 1. The quantitative estimate of drug-likeness (QED) is 0.613. The molecular weight excluding hydrogens is 228 g/mol. The molecule has 0 aromatic heterocycles. The first kappa shape index (κ1) is 12.6. The Labute approximate surface area is 99.3 Å². The van der Waals surface area contributed by atoms with Crippen LogP contribution in [0.25, 0.3) is 0 Å². The van der Waals surface area contributed by atoms with Crippen molar-refractivity contribution in [2.75, 3.05) is 6.61 Å². The molecule has 1 N–H and O–H groups in total. The Bertz CT molecular complexity index is 388. The molecule has 0 amide bonds. The van der Waals surface area contributed by atoms with Crippen molar-refractivity contribution in [3.05, 3.63) is 41.4 Å². The van der Waals surface area contributed by atoms with Crippen LogP contribution in [0.15, 0.2) is 30.9 Å². The van der Waals surface area contributed by atoms with E-state index in [2.05, 4.69) is 6.58 Å². The van der Waals surface area contributed by atoms with E-state index < -0.39 is 5.97 Å². The smallest absolute Gasteiger partial charge is 0.339 e. The predicted octanol–water partition coefficient (Wildman–Crippen LogP) is 3.38. The summed E-state index contributed by atoms with van der Waals surface area (Å²) in [6.07, 6.45) is 3.43. The first-order valence-electron chi connectivity index (χ1n) is 4.91. The summed E-state index contributed by atoms with van der Waals surface area (Å²) in [5.74, 6) is -0.709. The van der Waals surface area contributed by atoms with E-state index in [0.29, 0.717) is 17.4 Å². The van der Waals surface area contributed by atoms with Gasteiger partial charge in [-0.3, -0.25) is 0 Å². The van der Waals surface area contributed by atoms with Crippen molar-refractivity contribution in [2.24, 2.45) is 0 Å². The van der Waals surface area contributed by atoms with Crippen LogP contribution in [0.2, 0.25) is 5.02 Å². The summed E-state index contributed by atoms with van der Waals surface area (Å²) in [6.45, 7) is 4.05. The molecule has 4 heteroatoms. The van der Waals surface area contributed by atoms with Gasteiger partial charge in [0.05, 0.1) is 6.61 Å². The van der Waals surface area contributed by atoms with Crippen LogP contribution in [0.3, 0.4) is 0 Å². The van der Waals surface area contributed by atoms with Crippen LogP contribution in [-0.2, 0) is 0 Å². The normalized spacial score (nSPS) is 9.81. The maximum atomic E-state index is 10.9. The second-order valence-electron chi connectivity index (χ2n) is 3.22. The van der Waals surface area contributed by atoms with Gasteiger partial charge in [0.1, 0.15) is 11.3 Å². The van der Waals surface area contributed by atoms with Crippen LogP contribution in [-0.4, -0.2) is 17.7 Å². The average molecular weight is 241 g/mol. The molecule has 3 nitrogen and oxygen atoms in total. The lowest BCUT2D eigenvalue weighted by atomic mass is 10.2. The van der Waals surface area contributed by atoms with E-state index in [9.17, 15) is 4.79 Å². The standard InChI is InChI=1S/C12H13ClO3/c1-2-3-4-7-16-11-8-9(13)5-6-10(11)12(14)15/h2,5-6,8H,1,3-4,7H2,(H,14,15). The predicted molar refractivity (Wildman–Crippen MR) is 63.3 cm³/mol. The van der Waals surface area contributed by atoms with Gasteiger partial charge in [0.15, 0.2) is 0 Å². The van der Waals surface area contributed by atoms with Gasteiger partial charge in [-0.25, -0.2) is 4.79 Å². The Morgan fingerprint density at radius 3 is 2.94 bits per heavy atom. The minimum absolute atomic E-state index is 0.128. The van der Waals surface area contributed by atoms with Gasteiger partial charge in [-0.1, -0.05) is 17.7 Å². The van der Waals surface area contributed by atoms with Crippen LogP contribution >= 0.6 is 11.6 Å². The number of halogens is 1.